The third-order valence-corrected chi connectivity index (χ3v) is 4.82. The molecule has 6 nitrogen and oxygen atoms in total. The molecule has 0 aliphatic carbocycles. The number of H-pyrrole nitrogens is 1. The number of rotatable bonds is 5. The molecule has 1 aliphatic heterocycles. The molecule has 0 fully saturated rings. The predicted molar refractivity (Wildman–Crippen MR) is 103 cm³/mol. The normalized spacial score (nSPS) is 15.8. The summed E-state index contributed by atoms with van der Waals surface area (Å²) in [4.78, 5) is 12.0. The summed E-state index contributed by atoms with van der Waals surface area (Å²) in [5, 5.41) is 9.71. The highest BCUT2D eigenvalue weighted by Crippen LogP contribution is 2.40. The minimum Gasteiger partial charge on any atom is -0.493 e. The van der Waals surface area contributed by atoms with Crippen molar-refractivity contribution < 1.29 is 14.3 Å². The Balaban J connectivity index is 1.65. The summed E-state index contributed by atoms with van der Waals surface area (Å²) in [5.41, 5.74) is 3.17. The van der Waals surface area contributed by atoms with E-state index in [9.17, 15) is 4.79 Å². The van der Waals surface area contributed by atoms with Gasteiger partial charge in [0.1, 0.15) is 5.75 Å². The smallest absolute Gasteiger partial charge is 0.226 e. The van der Waals surface area contributed by atoms with Gasteiger partial charge in [0, 0.05) is 24.1 Å². The zero-order valence-corrected chi connectivity index (χ0v) is 15.3. The molecule has 138 valence electrons. The van der Waals surface area contributed by atoms with Gasteiger partial charge in [0.25, 0.3) is 0 Å². The molecule has 1 amide bonds. The Kier molecular flexibility index (Phi) is 4.54. The first-order chi connectivity index (χ1) is 13.2. The molecule has 0 spiro atoms. The van der Waals surface area contributed by atoms with Crippen LogP contribution in [0.2, 0.25) is 0 Å². The number of carbonyl (C=O) groups is 1. The van der Waals surface area contributed by atoms with Crippen LogP contribution in [0, 0.1) is 0 Å². The fourth-order valence-electron chi connectivity index (χ4n) is 3.38. The first-order valence-corrected chi connectivity index (χ1v) is 8.96. The van der Waals surface area contributed by atoms with Gasteiger partial charge in [0.05, 0.1) is 7.11 Å². The lowest BCUT2D eigenvalue weighted by molar-refractivity contribution is -0.116. The first kappa shape index (κ1) is 17.1. The summed E-state index contributed by atoms with van der Waals surface area (Å²) in [6.07, 6.45) is 3.14. The van der Waals surface area contributed by atoms with Crippen molar-refractivity contribution >= 4 is 11.7 Å². The zero-order valence-electron chi connectivity index (χ0n) is 15.3. The van der Waals surface area contributed by atoms with E-state index in [0.717, 1.165) is 23.3 Å². The molecule has 1 aromatic heterocycles. The number of anilines is 1. The number of carbonyl (C=O) groups excluding carboxylic acids is 1. The van der Waals surface area contributed by atoms with Crippen molar-refractivity contribution in [2.45, 2.75) is 25.7 Å². The molecule has 0 saturated carbocycles. The molecule has 1 aliphatic rings. The Morgan fingerprint density at radius 2 is 2.07 bits per heavy atom. The van der Waals surface area contributed by atoms with E-state index in [1.807, 2.05) is 42.6 Å². The molecule has 1 atom stereocenters. The number of aryl methyl sites for hydroxylation is 1. The van der Waals surface area contributed by atoms with Gasteiger partial charge in [-0.05, 0) is 41.8 Å². The van der Waals surface area contributed by atoms with Gasteiger partial charge >= 0.3 is 0 Å². The van der Waals surface area contributed by atoms with Gasteiger partial charge in [-0.1, -0.05) is 25.1 Å². The standard InChI is InChI=1S/C21H21N3O3/c1-3-13-5-4-6-15(9-13)27-18-8-7-14(10-19(18)26-2)16-11-20(25)23-21-17(16)12-22-24-21/h4-10,12,16H,3,11H2,1-2H3,(H2,22,23,24,25). The third-order valence-electron chi connectivity index (χ3n) is 4.82. The van der Waals surface area contributed by atoms with Gasteiger partial charge in [-0.2, -0.15) is 5.10 Å². The van der Waals surface area contributed by atoms with Crippen LogP contribution in [0.3, 0.4) is 0 Å². The van der Waals surface area contributed by atoms with E-state index in [2.05, 4.69) is 28.5 Å². The van der Waals surface area contributed by atoms with Crippen molar-refractivity contribution in [3.8, 4) is 17.2 Å². The van der Waals surface area contributed by atoms with Crippen LogP contribution in [0.4, 0.5) is 5.82 Å². The molecular formula is C21H21N3O3. The van der Waals surface area contributed by atoms with Gasteiger partial charge in [-0.15, -0.1) is 0 Å². The van der Waals surface area contributed by atoms with Gasteiger partial charge in [-0.3, -0.25) is 9.89 Å². The number of fused-ring (bicyclic) bond motifs is 1. The van der Waals surface area contributed by atoms with E-state index in [1.165, 1.54) is 5.56 Å². The molecular weight excluding hydrogens is 342 g/mol. The SMILES string of the molecule is CCc1cccc(Oc2ccc(C3CC(=O)Nc4n[nH]cc43)cc2OC)c1. The minimum absolute atomic E-state index is 0.0460. The van der Waals surface area contributed by atoms with Crippen LogP contribution >= 0.6 is 0 Å². The van der Waals surface area contributed by atoms with Gasteiger partial charge in [0.15, 0.2) is 17.3 Å². The van der Waals surface area contributed by atoms with Crippen molar-refractivity contribution in [1.29, 1.82) is 0 Å². The maximum absolute atomic E-state index is 12.0. The summed E-state index contributed by atoms with van der Waals surface area (Å²) < 4.78 is 11.6. The van der Waals surface area contributed by atoms with Crippen LogP contribution in [0.25, 0.3) is 0 Å². The molecule has 3 aromatic rings. The monoisotopic (exact) mass is 363 g/mol. The van der Waals surface area contributed by atoms with Gasteiger partial charge in [0.2, 0.25) is 5.91 Å². The quantitative estimate of drug-likeness (QED) is 0.711. The Hall–Kier alpha value is -3.28. The summed E-state index contributed by atoms with van der Waals surface area (Å²) in [7, 11) is 1.62. The molecule has 2 N–H and O–H groups in total. The first-order valence-electron chi connectivity index (χ1n) is 8.96. The van der Waals surface area contributed by atoms with E-state index in [4.69, 9.17) is 9.47 Å². The second-order valence-electron chi connectivity index (χ2n) is 6.51. The lowest BCUT2D eigenvalue weighted by atomic mass is 9.87. The summed E-state index contributed by atoms with van der Waals surface area (Å²) in [6.45, 7) is 2.11. The van der Waals surface area contributed by atoms with Crippen molar-refractivity contribution in [2.75, 3.05) is 12.4 Å². The van der Waals surface area contributed by atoms with Crippen LogP contribution in [-0.2, 0) is 11.2 Å². The molecule has 1 unspecified atom stereocenters. The largest absolute Gasteiger partial charge is 0.493 e. The fourth-order valence-corrected chi connectivity index (χ4v) is 3.38. The average Bonchev–Trinajstić information content (AvgIpc) is 3.16. The average molecular weight is 363 g/mol. The second-order valence-corrected chi connectivity index (χ2v) is 6.51. The summed E-state index contributed by atoms with van der Waals surface area (Å²) in [5.74, 6) is 2.52. The fraction of sp³-hybridized carbons (Fsp3) is 0.238. The Bertz CT molecular complexity index is 980. The van der Waals surface area contributed by atoms with E-state index in [0.29, 0.717) is 23.7 Å². The number of hydrogen-bond acceptors (Lipinski definition) is 4. The molecule has 0 bridgehead atoms. The Labute approximate surface area is 157 Å². The van der Waals surface area contributed by atoms with E-state index in [-0.39, 0.29) is 11.8 Å². The molecule has 0 radical (unpaired) electrons. The van der Waals surface area contributed by atoms with Crippen LogP contribution in [0.5, 0.6) is 17.2 Å². The number of benzene rings is 2. The number of aromatic amines is 1. The highest BCUT2D eigenvalue weighted by Gasteiger charge is 2.29. The van der Waals surface area contributed by atoms with E-state index >= 15 is 0 Å². The molecule has 2 aromatic carbocycles. The maximum atomic E-state index is 12.0. The van der Waals surface area contributed by atoms with Crippen LogP contribution in [0.1, 0.15) is 36.0 Å². The van der Waals surface area contributed by atoms with Crippen LogP contribution < -0.4 is 14.8 Å². The highest BCUT2D eigenvalue weighted by molar-refractivity contribution is 5.94. The highest BCUT2D eigenvalue weighted by atomic mass is 16.5. The van der Waals surface area contributed by atoms with Crippen molar-refractivity contribution in [3.63, 3.8) is 0 Å². The van der Waals surface area contributed by atoms with Gasteiger partial charge < -0.3 is 14.8 Å². The number of methoxy groups -OCH3 is 1. The van der Waals surface area contributed by atoms with Gasteiger partial charge in [-0.25, -0.2) is 0 Å². The molecule has 27 heavy (non-hydrogen) atoms. The number of amides is 1. The topological polar surface area (TPSA) is 76.2 Å². The van der Waals surface area contributed by atoms with E-state index < -0.39 is 0 Å². The number of ether oxygens (including phenoxy) is 2. The molecule has 2 heterocycles. The number of hydrogen-bond donors (Lipinski definition) is 2. The lowest BCUT2D eigenvalue weighted by Gasteiger charge is -2.23. The number of nitrogens with one attached hydrogen (secondary N) is 2. The third kappa shape index (κ3) is 3.38. The predicted octanol–water partition coefficient (Wildman–Crippen LogP) is 4.25. The Morgan fingerprint density at radius 3 is 2.89 bits per heavy atom. The van der Waals surface area contributed by atoms with Crippen molar-refractivity contribution in [1.82, 2.24) is 10.2 Å². The number of nitrogens with zero attached hydrogens (tertiary/aromatic N) is 1. The Morgan fingerprint density at radius 1 is 1.19 bits per heavy atom. The zero-order chi connectivity index (χ0) is 18.8. The lowest BCUT2D eigenvalue weighted by Crippen LogP contribution is -2.22. The molecule has 0 saturated heterocycles. The van der Waals surface area contributed by atoms with Crippen molar-refractivity contribution in [2.24, 2.45) is 0 Å². The van der Waals surface area contributed by atoms with Crippen molar-refractivity contribution in [3.05, 3.63) is 65.4 Å². The minimum atomic E-state index is -0.0705. The molecule has 6 heteroatoms. The molecule has 4 rings (SSSR count). The van der Waals surface area contributed by atoms with E-state index in [1.54, 1.807) is 7.11 Å². The maximum Gasteiger partial charge on any atom is 0.226 e. The van der Waals surface area contributed by atoms with Crippen LogP contribution in [0.15, 0.2) is 48.7 Å². The summed E-state index contributed by atoms with van der Waals surface area (Å²) in [6, 6.07) is 13.8. The van der Waals surface area contributed by atoms with Crippen LogP contribution in [-0.4, -0.2) is 23.2 Å². The number of aromatic nitrogens is 2. The second kappa shape index (κ2) is 7.15. The summed E-state index contributed by atoms with van der Waals surface area (Å²) >= 11 is 0.